The van der Waals surface area contributed by atoms with Crippen LogP contribution in [0.25, 0.3) is 0 Å². The van der Waals surface area contributed by atoms with Gasteiger partial charge < -0.3 is 4.74 Å². The highest BCUT2D eigenvalue weighted by atomic mass is 16.5. The summed E-state index contributed by atoms with van der Waals surface area (Å²) in [7, 11) is 1.47. The van der Waals surface area contributed by atoms with Gasteiger partial charge in [0, 0.05) is 11.1 Å². The van der Waals surface area contributed by atoms with Gasteiger partial charge in [-0.05, 0) is 62.8 Å². The number of ether oxygens (including phenoxy) is 1. The minimum Gasteiger partial charge on any atom is -0.469 e. The van der Waals surface area contributed by atoms with E-state index in [1.54, 1.807) is 0 Å². The molecule has 1 fully saturated rings. The highest BCUT2D eigenvalue weighted by Gasteiger charge is 2.24. The maximum Gasteiger partial charge on any atom is 0.308 e. The fraction of sp³-hybridized carbons (Fsp3) is 0.375. The second kappa shape index (κ2) is 10.5. The second-order valence-electron chi connectivity index (χ2n) is 6.96. The normalized spacial score (nSPS) is 18.6. The predicted molar refractivity (Wildman–Crippen MR) is 107 cm³/mol. The Balaban J connectivity index is 0.000000197. The lowest BCUT2D eigenvalue weighted by molar-refractivity contribution is -0.146. The van der Waals surface area contributed by atoms with Gasteiger partial charge in [0.2, 0.25) is 0 Å². The van der Waals surface area contributed by atoms with Crippen molar-refractivity contribution in [2.45, 2.75) is 39.5 Å². The van der Waals surface area contributed by atoms with Gasteiger partial charge in [-0.2, -0.15) is 0 Å². The number of rotatable bonds is 1. The maximum absolute atomic E-state index is 11.1. The molecule has 1 saturated carbocycles. The Morgan fingerprint density at radius 1 is 0.885 bits per heavy atom. The zero-order valence-corrected chi connectivity index (χ0v) is 16.0. The molecule has 26 heavy (non-hydrogen) atoms. The van der Waals surface area contributed by atoms with Crippen molar-refractivity contribution in [2.24, 2.45) is 11.8 Å². The van der Waals surface area contributed by atoms with Crippen molar-refractivity contribution < 1.29 is 9.53 Å². The van der Waals surface area contributed by atoms with Crippen LogP contribution < -0.4 is 0 Å². The summed E-state index contributed by atoms with van der Waals surface area (Å²) >= 11 is 0. The SMILES string of the molecule is COC(=O)C1CCC(C)CC1.Cc1ccc(C#Cc2ccccc2)cc1. The molecule has 0 aromatic heterocycles. The summed E-state index contributed by atoms with van der Waals surface area (Å²) in [5.74, 6) is 7.24. The molecule has 0 spiro atoms. The number of esters is 1. The quantitative estimate of drug-likeness (QED) is 0.511. The first-order valence-corrected chi connectivity index (χ1v) is 9.30. The molecule has 0 unspecified atom stereocenters. The summed E-state index contributed by atoms with van der Waals surface area (Å²) in [5, 5.41) is 0. The third kappa shape index (κ3) is 6.76. The van der Waals surface area contributed by atoms with Gasteiger partial charge in [0.1, 0.15) is 0 Å². The smallest absolute Gasteiger partial charge is 0.308 e. The number of benzene rings is 2. The number of hydrogen-bond donors (Lipinski definition) is 0. The molecule has 0 heterocycles. The Morgan fingerprint density at radius 2 is 1.42 bits per heavy atom. The monoisotopic (exact) mass is 348 g/mol. The number of hydrogen-bond acceptors (Lipinski definition) is 2. The largest absolute Gasteiger partial charge is 0.469 e. The van der Waals surface area contributed by atoms with Crippen LogP contribution in [-0.2, 0) is 9.53 Å². The average Bonchev–Trinajstić information content (AvgIpc) is 2.69. The molecule has 1 aliphatic carbocycles. The van der Waals surface area contributed by atoms with Gasteiger partial charge in [-0.1, -0.05) is 54.7 Å². The van der Waals surface area contributed by atoms with E-state index in [1.807, 2.05) is 42.5 Å². The Labute approximate surface area is 157 Å². The molecule has 0 atom stereocenters. The molecule has 0 aliphatic heterocycles. The average molecular weight is 348 g/mol. The summed E-state index contributed by atoms with van der Waals surface area (Å²) in [6.45, 7) is 4.32. The van der Waals surface area contributed by atoms with Crippen LogP contribution in [-0.4, -0.2) is 13.1 Å². The van der Waals surface area contributed by atoms with E-state index in [0.29, 0.717) is 0 Å². The lowest BCUT2D eigenvalue weighted by Gasteiger charge is -2.23. The van der Waals surface area contributed by atoms with Crippen molar-refractivity contribution >= 4 is 5.97 Å². The lowest BCUT2D eigenvalue weighted by Crippen LogP contribution is -2.21. The molecular weight excluding hydrogens is 320 g/mol. The Kier molecular flexibility index (Phi) is 7.96. The van der Waals surface area contributed by atoms with Crippen molar-refractivity contribution in [3.05, 3.63) is 71.3 Å². The Hall–Kier alpha value is -2.53. The van der Waals surface area contributed by atoms with Gasteiger partial charge in [0.15, 0.2) is 0 Å². The van der Waals surface area contributed by atoms with E-state index in [2.05, 4.69) is 42.6 Å². The van der Waals surface area contributed by atoms with Crippen LogP contribution >= 0.6 is 0 Å². The molecular formula is C24H28O2. The molecule has 2 aromatic rings. The Morgan fingerprint density at radius 3 is 1.96 bits per heavy atom. The van der Waals surface area contributed by atoms with Gasteiger partial charge in [0.25, 0.3) is 0 Å². The minimum atomic E-state index is -0.0168. The fourth-order valence-electron chi connectivity index (χ4n) is 2.97. The third-order valence-corrected chi connectivity index (χ3v) is 4.73. The molecule has 0 saturated heterocycles. The summed E-state index contributed by atoms with van der Waals surface area (Å²) in [6, 6.07) is 18.3. The van der Waals surface area contributed by atoms with Crippen molar-refractivity contribution in [3.8, 4) is 11.8 Å². The van der Waals surface area contributed by atoms with Gasteiger partial charge >= 0.3 is 5.97 Å². The van der Waals surface area contributed by atoms with Crippen LogP contribution in [0.4, 0.5) is 0 Å². The van der Waals surface area contributed by atoms with Gasteiger partial charge in [-0.25, -0.2) is 0 Å². The van der Waals surface area contributed by atoms with E-state index in [-0.39, 0.29) is 11.9 Å². The second-order valence-corrected chi connectivity index (χ2v) is 6.96. The highest BCUT2D eigenvalue weighted by molar-refractivity contribution is 5.72. The molecule has 0 amide bonds. The van der Waals surface area contributed by atoms with Crippen molar-refractivity contribution in [3.63, 3.8) is 0 Å². The van der Waals surface area contributed by atoms with Crippen LogP contribution in [0.15, 0.2) is 54.6 Å². The zero-order chi connectivity index (χ0) is 18.8. The fourth-order valence-corrected chi connectivity index (χ4v) is 2.97. The predicted octanol–water partition coefficient (Wildman–Crippen LogP) is 5.38. The van der Waals surface area contributed by atoms with Gasteiger partial charge in [-0.15, -0.1) is 0 Å². The molecule has 3 rings (SSSR count). The zero-order valence-electron chi connectivity index (χ0n) is 16.0. The van der Waals surface area contributed by atoms with Crippen molar-refractivity contribution in [1.82, 2.24) is 0 Å². The van der Waals surface area contributed by atoms with E-state index in [1.165, 1.54) is 25.5 Å². The number of aryl methyl sites for hydroxylation is 1. The van der Waals surface area contributed by atoms with Crippen LogP contribution in [0, 0.1) is 30.6 Å². The van der Waals surface area contributed by atoms with Crippen molar-refractivity contribution in [2.75, 3.05) is 7.11 Å². The molecule has 136 valence electrons. The summed E-state index contributed by atoms with van der Waals surface area (Å²) in [6.07, 6.45) is 4.40. The van der Waals surface area contributed by atoms with Crippen LogP contribution in [0.2, 0.25) is 0 Å². The van der Waals surface area contributed by atoms with E-state index >= 15 is 0 Å². The molecule has 0 radical (unpaired) electrons. The van der Waals surface area contributed by atoms with Gasteiger partial charge in [0.05, 0.1) is 13.0 Å². The Bertz CT molecular complexity index is 727. The third-order valence-electron chi connectivity index (χ3n) is 4.73. The highest BCUT2D eigenvalue weighted by Crippen LogP contribution is 2.28. The lowest BCUT2D eigenvalue weighted by atomic mass is 9.83. The standard InChI is InChI=1S/C15H12.C9H16O2/c1-13-7-9-15(10-8-13)12-11-14-5-3-2-4-6-14;1-7-3-5-8(6-4-7)9(10)11-2/h2-10H,1H3;7-8H,3-6H2,1-2H3. The number of carbonyl (C=O) groups excluding carboxylic acids is 1. The van der Waals surface area contributed by atoms with E-state index in [0.717, 1.165) is 29.9 Å². The number of methoxy groups -OCH3 is 1. The molecule has 2 nitrogen and oxygen atoms in total. The molecule has 1 aliphatic rings. The maximum atomic E-state index is 11.1. The van der Waals surface area contributed by atoms with E-state index in [9.17, 15) is 4.79 Å². The first kappa shape index (κ1) is 19.8. The molecule has 0 bridgehead atoms. The summed E-state index contributed by atoms with van der Waals surface area (Å²) in [4.78, 5) is 11.1. The summed E-state index contributed by atoms with van der Waals surface area (Å²) < 4.78 is 4.69. The molecule has 0 N–H and O–H groups in total. The first-order valence-electron chi connectivity index (χ1n) is 9.30. The van der Waals surface area contributed by atoms with Crippen LogP contribution in [0.3, 0.4) is 0 Å². The van der Waals surface area contributed by atoms with Gasteiger partial charge in [-0.3, -0.25) is 4.79 Å². The van der Waals surface area contributed by atoms with E-state index < -0.39 is 0 Å². The van der Waals surface area contributed by atoms with Crippen molar-refractivity contribution in [1.29, 1.82) is 0 Å². The van der Waals surface area contributed by atoms with Crippen LogP contribution in [0.5, 0.6) is 0 Å². The first-order chi connectivity index (χ1) is 12.6. The topological polar surface area (TPSA) is 26.3 Å². The van der Waals surface area contributed by atoms with Crippen LogP contribution in [0.1, 0.15) is 49.3 Å². The molecule has 2 aromatic carbocycles. The summed E-state index contributed by atoms with van der Waals surface area (Å²) in [5.41, 5.74) is 3.38. The van der Waals surface area contributed by atoms with E-state index in [4.69, 9.17) is 0 Å². The number of carbonyl (C=O) groups is 1. The molecule has 2 heteroatoms. The minimum absolute atomic E-state index is 0.0168.